The van der Waals surface area contributed by atoms with Crippen LogP contribution < -0.4 is 0 Å². The minimum atomic E-state index is -1.05. The molecule has 5 nitrogen and oxygen atoms in total. The minimum absolute atomic E-state index is 0.0850. The van der Waals surface area contributed by atoms with E-state index in [1.54, 1.807) is 4.90 Å². The van der Waals surface area contributed by atoms with Crippen LogP contribution in [0.2, 0.25) is 0 Å². The second-order valence-electron chi connectivity index (χ2n) is 4.56. The molecule has 0 bridgehead atoms. The highest BCUT2D eigenvalue weighted by Crippen LogP contribution is 2.12. The maximum atomic E-state index is 11.9. The van der Waals surface area contributed by atoms with Gasteiger partial charge in [0.05, 0.1) is 0 Å². The van der Waals surface area contributed by atoms with E-state index < -0.39 is 11.9 Å². The molecule has 2 unspecified atom stereocenters. The summed E-state index contributed by atoms with van der Waals surface area (Å²) in [6, 6.07) is 0.0850. The zero-order valence-electron chi connectivity index (χ0n) is 10.1. The Morgan fingerprint density at radius 1 is 1.38 bits per heavy atom. The van der Waals surface area contributed by atoms with E-state index in [1.165, 1.54) is 6.92 Å². The molecule has 1 heterocycles. The maximum absolute atomic E-state index is 11.9. The fourth-order valence-corrected chi connectivity index (χ4v) is 2.05. The van der Waals surface area contributed by atoms with E-state index in [4.69, 9.17) is 5.11 Å². The third-order valence-electron chi connectivity index (χ3n) is 3.07. The Balaban J connectivity index is 2.70. The van der Waals surface area contributed by atoms with Gasteiger partial charge in [0.1, 0.15) is 5.92 Å². The van der Waals surface area contributed by atoms with Crippen LogP contribution >= 0.6 is 0 Å². The van der Waals surface area contributed by atoms with Crippen molar-refractivity contribution < 1.29 is 14.7 Å². The summed E-state index contributed by atoms with van der Waals surface area (Å²) in [7, 11) is 2.02. The van der Waals surface area contributed by atoms with E-state index in [0.29, 0.717) is 6.54 Å². The van der Waals surface area contributed by atoms with Gasteiger partial charge in [-0.15, -0.1) is 0 Å². The van der Waals surface area contributed by atoms with Crippen molar-refractivity contribution in [2.45, 2.75) is 26.3 Å². The van der Waals surface area contributed by atoms with Gasteiger partial charge in [0.2, 0.25) is 5.91 Å². The van der Waals surface area contributed by atoms with Crippen LogP contribution in [-0.2, 0) is 9.59 Å². The van der Waals surface area contributed by atoms with Crippen LogP contribution in [-0.4, -0.2) is 59.5 Å². The molecule has 0 radical (unpaired) electrons. The standard InChI is InChI=1S/C11H20N2O3/c1-8-7-12(3)5-4-6-13(8)10(14)9(2)11(15)16/h8-9H,4-7H2,1-3H3,(H,15,16). The molecule has 0 spiro atoms. The van der Waals surface area contributed by atoms with Gasteiger partial charge in [-0.2, -0.15) is 0 Å². The number of aliphatic carboxylic acids is 1. The van der Waals surface area contributed by atoms with Gasteiger partial charge in [0.15, 0.2) is 0 Å². The Labute approximate surface area is 96.0 Å². The fraction of sp³-hybridized carbons (Fsp3) is 0.818. The monoisotopic (exact) mass is 228 g/mol. The van der Waals surface area contributed by atoms with Crippen LogP contribution in [0.1, 0.15) is 20.3 Å². The SMILES string of the molecule is CC(C(=O)O)C(=O)N1CCCN(C)CC1C. The molecule has 1 amide bonds. The Morgan fingerprint density at radius 2 is 2.00 bits per heavy atom. The van der Waals surface area contributed by atoms with Crippen molar-refractivity contribution in [2.24, 2.45) is 5.92 Å². The third kappa shape index (κ3) is 2.95. The van der Waals surface area contributed by atoms with Crippen molar-refractivity contribution in [1.29, 1.82) is 0 Å². The summed E-state index contributed by atoms with van der Waals surface area (Å²) in [6.07, 6.45) is 0.902. The number of hydrogen-bond donors (Lipinski definition) is 1. The van der Waals surface area contributed by atoms with Crippen molar-refractivity contribution in [3.05, 3.63) is 0 Å². The molecular formula is C11H20N2O3. The Morgan fingerprint density at radius 3 is 2.56 bits per heavy atom. The third-order valence-corrected chi connectivity index (χ3v) is 3.07. The van der Waals surface area contributed by atoms with Crippen LogP contribution in [0.5, 0.6) is 0 Å². The normalized spacial score (nSPS) is 24.9. The summed E-state index contributed by atoms with van der Waals surface area (Å²) in [6.45, 7) is 5.83. The van der Waals surface area contributed by atoms with Crippen LogP contribution in [0.25, 0.3) is 0 Å². The smallest absolute Gasteiger partial charge is 0.315 e. The molecule has 0 aromatic heterocycles. The first-order valence-electron chi connectivity index (χ1n) is 5.65. The summed E-state index contributed by atoms with van der Waals surface area (Å²) >= 11 is 0. The van der Waals surface area contributed by atoms with E-state index in [-0.39, 0.29) is 11.9 Å². The molecule has 0 aliphatic carbocycles. The molecule has 1 fully saturated rings. The number of carboxylic acids is 1. The van der Waals surface area contributed by atoms with Crippen LogP contribution in [0, 0.1) is 5.92 Å². The van der Waals surface area contributed by atoms with E-state index in [0.717, 1.165) is 19.5 Å². The lowest BCUT2D eigenvalue weighted by atomic mass is 10.1. The first-order chi connectivity index (χ1) is 7.43. The molecule has 1 N–H and O–H groups in total. The molecular weight excluding hydrogens is 208 g/mol. The highest BCUT2D eigenvalue weighted by atomic mass is 16.4. The summed E-state index contributed by atoms with van der Waals surface area (Å²) in [5, 5.41) is 8.83. The van der Waals surface area contributed by atoms with Crippen LogP contribution in [0.3, 0.4) is 0 Å². The minimum Gasteiger partial charge on any atom is -0.481 e. The molecule has 5 heteroatoms. The number of likely N-dealkylation sites (N-methyl/N-ethyl adjacent to an activating group) is 1. The van der Waals surface area contributed by atoms with Crippen LogP contribution in [0.15, 0.2) is 0 Å². The van der Waals surface area contributed by atoms with Gasteiger partial charge in [-0.25, -0.2) is 0 Å². The van der Waals surface area contributed by atoms with Gasteiger partial charge >= 0.3 is 5.97 Å². The second kappa shape index (κ2) is 5.30. The first-order valence-corrected chi connectivity index (χ1v) is 5.65. The Bertz CT molecular complexity index is 280. The van der Waals surface area contributed by atoms with Gasteiger partial charge in [-0.05, 0) is 33.9 Å². The van der Waals surface area contributed by atoms with Crippen molar-refractivity contribution in [2.75, 3.05) is 26.7 Å². The number of rotatable bonds is 2. The number of nitrogens with zero attached hydrogens (tertiary/aromatic N) is 2. The predicted octanol–water partition coefficient (Wildman–Crippen LogP) is 0.260. The van der Waals surface area contributed by atoms with Crippen molar-refractivity contribution >= 4 is 11.9 Å². The molecule has 92 valence electrons. The summed E-state index contributed by atoms with van der Waals surface area (Å²) in [5.74, 6) is -2.25. The molecule has 1 aliphatic rings. The largest absolute Gasteiger partial charge is 0.481 e. The lowest BCUT2D eigenvalue weighted by Gasteiger charge is -2.29. The molecule has 0 aromatic carbocycles. The number of hydrogen-bond acceptors (Lipinski definition) is 3. The average molecular weight is 228 g/mol. The molecule has 1 saturated heterocycles. The number of carbonyl (C=O) groups is 2. The lowest BCUT2D eigenvalue weighted by Crippen LogP contribution is -2.45. The van der Waals surface area contributed by atoms with Crippen LogP contribution in [0.4, 0.5) is 0 Å². The molecule has 2 atom stereocenters. The fourth-order valence-electron chi connectivity index (χ4n) is 2.05. The number of amides is 1. The molecule has 0 saturated carbocycles. The lowest BCUT2D eigenvalue weighted by molar-refractivity contribution is -0.151. The van der Waals surface area contributed by atoms with Crippen molar-refractivity contribution in [1.82, 2.24) is 9.80 Å². The van der Waals surface area contributed by atoms with E-state index in [9.17, 15) is 9.59 Å². The molecule has 1 rings (SSSR count). The highest BCUT2D eigenvalue weighted by molar-refractivity contribution is 5.96. The highest BCUT2D eigenvalue weighted by Gasteiger charge is 2.30. The second-order valence-corrected chi connectivity index (χ2v) is 4.56. The molecule has 0 aromatic rings. The number of carboxylic acid groups (broad SMARTS) is 1. The van der Waals surface area contributed by atoms with Gasteiger partial charge in [-0.1, -0.05) is 0 Å². The Hall–Kier alpha value is -1.10. The van der Waals surface area contributed by atoms with E-state index in [1.807, 2.05) is 14.0 Å². The van der Waals surface area contributed by atoms with E-state index >= 15 is 0 Å². The van der Waals surface area contributed by atoms with E-state index in [2.05, 4.69) is 4.90 Å². The Kier molecular flexibility index (Phi) is 4.29. The zero-order chi connectivity index (χ0) is 12.3. The predicted molar refractivity (Wildman–Crippen MR) is 60.1 cm³/mol. The molecule has 16 heavy (non-hydrogen) atoms. The summed E-state index contributed by atoms with van der Waals surface area (Å²) in [5.41, 5.74) is 0. The summed E-state index contributed by atoms with van der Waals surface area (Å²) in [4.78, 5) is 26.6. The van der Waals surface area contributed by atoms with Crippen molar-refractivity contribution in [3.63, 3.8) is 0 Å². The summed E-state index contributed by atoms with van der Waals surface area (Å²) < 4.78 is 0. The first kappa shape index (κ1) is 13.0. The average Bonchev–Trinajstić information content (AvgIpc) is 2.37. The quantitative estimate of drug-likeness (QED) is 0.689. The molecule has 1 aliphatic heterocycles. The topological polar surface area (TPSA) is 60.9 Å². The van der Waals surface area contributed by atoms with Gasteiger partial charge in [0, 0.05) is 19.1 Å². The van der Waals surface area contributed by atoms with Gasteiger partial charge < -0.3 is 14.9 Å². The van der Waals surface area contributed by atoms with Gasteiger partial charge in [-0.3, -0.25) is 9.59 Å². The zero-order valence-corrected chi connectivity index (χ0v) is 10.1. The van der Waals surface area contributed by atoms with Gasteiger partial charge in [0.25, 0.3) is 0 Å². The number of carbonyl (C=O) groups excluding carboxylic acids is 1. The maximum Gasteiger partial charge on any atom is 0.315 e. The van der Waals surface area contributed by atoms with Crippen molar-refractivity contribution in [3.8, 4) is 0 Å².